The molecule has 1 aromatic carbocycles. The third-order valence-corrected chi connectivity index (χ3v) is 5.13. The maximum atomic E-state index is 12.3. The van der Waals surface area contributed by atoms with Gasteiger partial charge in [0.05, 0.1) is 16.6 Å². The van der Waals surface area contributed by atoms with E-state index in [0.717, 1.165) is 18.9 Å². The fourth-order valence-electron chi connectivity index (χ4n) is 2.42. The van der Waals surface area contributed by atoms with Gasteiger partial charge in [-0.3, -0.25) is 0 Å². The predicted octanol–water partition coefficient (Wildman–Crippen LogP) is 0.636. The number of nitrogens with one attached hydrogen (secondary N) is 2. The smallest absolute Gasteiger partial charge is 0.337 e. The monoisotopic (exact) mass is 358 g/mol. The summed E-state index contributed by atoms with van der Waals surface area (Å²) in [6.45, 7) is 1.17. The van der Waals surface area contributed by atoms with Gasteiger partial charge in [0.2, 0.25) is 10.0 Å². The van der Waals surface area contributed by atoms with Crippen LogP contribution in [0.5, 0.6) is 0 Å². The average Bonchev–Trinajstić information content (AvgIpc) is 3.07. The molecule has 9 heteroatoms. The molecule has 0 amide bonds. The van der Waals surface area contributed by atoms with Gasteiger partial charge in [-0.25, -0.2) is 17.9 Å². The lowest BCUT2D eigenvalue weighted by Gasteiger charge is -2.13. The van der Waals surface area contributed by atoms with Gasteiger partial charge in [-0.2, -0.15) is 0 Å². The first-order chi connectivity index (χ1) is 11.4. The number of carboxylic acid groups (broad SMARTS) is 1. The molecule has 0 radical (unpaired) electrons. The van der Waals surface area contributed by atoms with Crippen LogP contribution in [0.25, 0.3) is 0 Å². The molecule has 0 spiro atoms. The molecular weight excluding hydrogens is 336 g/mol. The molecule has 1 heterocycles. The summed E-state index contributed by atoms with van der Waals surface area (Å²) in [6, 6.07) is 3.90. The van der Waals surface area contributed by atoms with Crippen molar-refractivity contribution in [3.05, 3.63) is 23.8 Å². The molecule has 1 atom stereocenters. The second-order valence-corrected chi connectivity index (χ2v) is 7.27. The third-order valence-electron chi connectivity index (χ3n) is 3.71. The van der Waals surface area contributed by atoms with E-state index in [4.69, 9.17) is 9.84 Å². The zero-order valence-corrected chi connectivity index (χ0v) is 14.0. The largest absolute Gasteiger partial charge is 0.478 e. The quantitative estimate of drug-likeness (QED) is 0.477. The van der Waals surface area contributed by atoms with E-state index in [1.54, 1.807) is 0 Å². The van der Waals surface area contributed by atoms with Gasteiger partial charge < -0.3 is 20.3 Å². The predicted molar refractivity (Wildman–Crippen MR) is 87.8 cm³/mol. The second-order valence-electron chi connectivity index (χ2n) is 5.50. The zero-order valence-electron chi connectivity index (χ0n) is 13.2. The normalized spacial score (nSPS) is 17.8. The molecule has 1 saturated heterocycles. The van der Waals surface area contributed by atoms with E-state index in [0.29, 0.717) is 25.3 Å². The molecule has 8 nitrogen and oxygen atoms in total. The van der Waals surface area contributed by atoms with Crippen molar-refractivity contribution in [1.29, 1.82) is 0 Å². The highest BCUT2D eigenvalue weighted by molar-refractivity contribution is 7.89. The molecule has 134 valence electrons. The molecule has 1 aliphatic heterocycles. The Morgan fingerprint density at radius 3 is 2.79 bits per heavy atom. The Morgan fingerprint density at radius 2 is 2.17 bits per heavy atom. The summed E-state index contributed by atoms with van der Waals surface area (Å²) >= 11 is 0. The fraction of sp³-hybridized carbons (Fsp3) is 0.533. The summed E-state index contributed by atoms with van der Waals surface area (Å²) < 4.78 is 32.5. The molecule has 0 aromatic heterocycles. The highest BCUT2D eigenvalue weighted by atomic mass is 32.2. The van der Waals surface area contributed by atoms with Crippen LogP contribution in [-0.4, -0.2) is 57.0 Å². The molecule has 4 N–H and O–H groups in total. The minimum Gasteiger partial charge on any atom is -0.478 e. The molecule has 0 bridgehead atoms. The van der Waals surface area contributed by atoms with Crippen LogP contribution >= 0.6 is 0 Å². The van der Waals surface area contributed by atoms with Crippen molar-refractivity contribution in [3.8, 4) is 0 Å². The van der Waals surface area contributed by atoms with E-state index in [1.807, 2.05) is 0 Å². The minimum atomic E-state index is -3.81. The summed E-state index contributed by atoms with van der Waals surface area (Å²) in [7, 11) is -3.81. The Morgan fingerprint density at radius 1 is 1.38 bits per heavy atom. The molecule has 2 rings (SSSR count). The first-order valence-corrected chi connectivity index (χ1v) is 9.25. The van der Waals surface area contributed by atoms with Gasteiger partial charge in [0, 0.05) is 32.0 Å². The molecule has 0 aliphatic carbocycles. The number of carbonyl (C=O) groups is 1. The molecule has 1 fully saturated rings. The number of rotatable bonds is 9. The van der Waals surface area contributed by atoms with Gasteiger partial charge in [-0.05, 0) is 37.5 Å². The van der Waals surface area contributed by atoms with Gasteiger partial charge in [0.15, 0.2) is 0 Å². The first-order valence-electron chi connectivity index (χ1n) is 7.77. The highest BCUT2D eigenvalue weighted by Gasteiger charge is 2.22. The van der Waals surface area contributed by atoms with Crippen LogP contribution in [0.2, 0.25) is 0 Å². The summed E-state index contributed by atoms with van der Waals surface area (Å²) in [5, 5.41) is 20.9. The van der Waals surface area contributed by atoms with E-state index in [9.17, 15) is 18.3 Å². The van der Waals surface area contributed by atoms with Gasteiger partial charge in [-0.15, -0.1) is 0 Å². The van der Waals surface area contributed by atoms with E-state index in [2.05, 4.69) is 10.0 Å². The van der Waals surface area contributed by atoms with Gasteiger partial charge >= 0.3 is 5.97 Å². The van der Waals surface area contributed by atoms with Gasteiger partial charge in [0.25, 0.3) is 0 Å². The van der Waals surface area contributed by atoms with Crippen LogP contribution in [0.3, 0.4) is 0 Å². The summed E-state index contributed by atoms with van der Waals surface area (Å²) in [5.41, 5.74) is 0.182. The number of benzene rings is 1. The van der Waals surface area contributed by atoms with Crippen LogP contribution in [0.15, 0.2) is 23.1 Å². The van der Waals surface area contributed by atoms with Crippen LogP contribution < -0.4 is 10.0 Å². The molecule has 1 aliphatic rings. The molecular formula is C15H22N2O6S. The Bertz CT molecular complexity index is 671. The zero-order chi connectivity index (χ0) is 17.6. The maximum Gasteiger partial charge on any atom is 0.337 e. The number of hydrogen-bond donors (Lipinski definition) is 4. The Hall–Kier alpha value is -1.68. The number of ether oxygens (including phenoxy) is 1. The van der Waals surface area contributed by atoms with E-state index in [1.165, 1.54) is 12.1 Å². The van der Waals surface area contributed by atoms with Crippen molar-refractivity contribution in [2.24, 2.45) is 0 Å². The van der Waals surface area contributed by atoms with Crippen LogP contribution in [0.1, 0.15) is 29.6 Å². The number of carboxylic acids is 1. The Kier molecular flexibility index (Phi) is 6.55. The van der Waals surface area contributed by atoms with Gasteiger partial charge in [0.1, 0.15) is 0 Å². The van der Waals surface area contributed by atoms with Crippen molar-refractivity contribution in [2.75, 3.05) is 31.6 Å². The van der Waals surface area contributed by atoms with Crippen molar-refractivity contribution in [2.45, 2.75) is 30.3 Å². The number of hydrogen-bond acceptors (Lipinski definition) is 6. The Labute approximate surface area is 140 Å². The van der Waals surface area contributed by atoms with Crippen molar-refractivity contribution < 1.29 is 28.2 Å². The maximum absolute atomic E-state index is 12.3. The number of anilines is 1. The number of aliphatic hydroxyl groups excluding tert-OH is 1. The van der Waals surface area contributed by atoms with Crippen molar-refractivity contribution >= 4 is 21.7 Å². The summed E-state index contributed by atoms with van der Waals surface area (Å²) in [4.78, 5) is 11.3. The molecule has 0 saturated carbocycles. The molecule has 1 aromatic rings. The SMILES string of the molecule is O=C(O)c1cc(S(=O)(=O)NC[C@H]2CCCO2)ccc1NCCCO. The lowest BCUT2D eigenvalue weighted by atomic mass is 10.2. The number of aliphatic hydroxyl groups is 1. The topological polar surface area (TPSA) is 125 Å². The van der Waals surface area contributed by atoms with E-state index in [-0.39, 0.29) is 29.7 Å². The highest BCUT2D eigenvalue weighted by Crippen LogP contribution is 2.21. The standard InChI is InChI=1S/C15H22N2O6S/c18-7-2-6-16-14-5-4-12(9-13(14)15(19)20)24(21,22)17-10-11-3-1-8-23-11/h4-5,9,11,16-18H,1-3,6-8,10H2,(H,19,20)/t11-/m1/s1. The van der Waals surface area contributed by atoms with Crippen LogP contribution in [0.4, 0.5) is 5.69 Å². The number of sulfonamides is 1. The lowest BCUT2D eigenvalue weighted by molar-refractivity contribution is 0.0697. The third kappa shape index (κ3) is 4.91. The number of aromatic carboxylic acids is 1. The summed E-state index contributed by atoms with van der Waals surface area (Å²) in [5.74, 6) is -1.22. The second kappa shape index (κ2) is 8.43. The Balaban J connectivity index is 2.13. The van der Waals surface area contributed by atoms with Crippen molar-refractivity contribution in [3.63, 3.8) is 0 Å². The van der Waals surface area contributed by atoms with Crippen molar-refractivity contribution in [1.82, 2.24) is 4.72 Å². The van der Waals surface area contributed by atoms with Gasteiger partial charge in [-0.1, -0.05) is 0 Å². The average molecular weight is 358 g/mol. The van der Waals surface area contributed by atoms with Crippen LogP contribution in [0, 0.1) is 0 Å². The fourth-order valence-corrected chi connectivity index (χ4v) is 3.51. The first kappa shape index (κ1) is 18.7. The van der Waals surface area contributed by atoms with E-state index >= 15 is 0 Å². The lowest BCUT2D eigenvalue weighted by Crippen LogP contribution is -2.32. The van der Waals surface area contributed by atoms with Crippen LogP contribution in [-0.2, 0) is 14.8 Å². The molecule has 24 heavy (non-hydrogen) atoms. The molecule has 0 unspecified atom stereocenters. The minimum absolute atomic E-state index is 0.0188. The van der Waals surface area contributed by atoms with E-state index < -0.39 is 16.0 Å². The summed E-state index contributed by atoms with van der Waals surface area (Å²) in [6.07, 6.45) is 2.03.